The zero-order valence-corrected chi connectivity index (χ0v) is 20.1. The highest BCUT2D eigenvalue weighted by molar-refractivity contribution is 8.05. The number of methoxy groups -OCH3 is 1. The van der Waals surface area contributed by atoms with Crippen molar-refractivity contribution in [3.63, 3.8) is 0 Å². The SMILES string of the molecule is C=CCOc1ccc(/C=C2\SC(Nc3ccccc3)N([C@H]3CCCC[C@H]3C)C2=O)cc1OC. The standard InChI is InChI=1S/C27H32N2O3S/c1-4-16-32-23-15-14-20(17-24(23)31-3)18-25-26(30)29(22-13-9-8-10-19(22)2)27(33-25)28-21-11-6-5-7-12-21/h4-7,11-12,14-15,17-19,22,27-28H,1,8-10,13,16H2,2-3H3/b25-18-/t19-,22+,27?/m1/s1. The monoisotopic (exact) mass is 464 g/mol. The average molecular weight is 465 g/mol. The highest BCUT2D eigenvalue weighted by Gasteiger charge is 2.42. The van der Waals surface area contributed by atoms with Gasteiger partial charge in [0, 0.05) is 11.7 Å². The van der Waals surface area contributed by atoms with Gasteiger partial charge in [-0.3, -0.25) is 4.79 Å². The predicted molar refractivity (Wildman–Crippen MR) is 136 cm³/mol. The fourth-order valence-electron chi connectivity index (χ4n) is 4.56. The molecule has 1 aliphatic heterocycles. The molecule has 2 fully saturated rings. The lowest BCUT2D eigenvalue weighted by Crippen LogP contribution is -2.48. The Morgan fingerprint density at radius 1 is 1.15 bits per heavy atom. The summed E-state index contributed by atoms with van der Waals surface area (Å²) in [6.07, 6.45) is 8.29. The number of carbonyl (C=O) groups excluding carboxylic acids is 1. The fraction of sp³-hybridized carbons (Fsp3) is 0.370. The fourth-order valence-corrected chi connectivity index (χ4v) is 5.77. The Morgan fingerprint density at radius 3 is 2.67 bits per heavy atom. The van der Waals surface area contributed by atoms with Crippen molar-refractivity contribution in [3.05, 3.63) is 71.7 Å². The van der Waals surface area contributed by atoms with Crippen molar-refractivity contribution >= 4 is 29.4 Å². The molecule has 2 aromatic carbocycles. The second-order valence-electron chi connectivity index (χ2n) is 8.54. The number of hydrogen-bond acceptors (Lipinski definition) is 5. The van der Waals surface area contributed by atoms with Gasteiger partial charge in [-0.25, -0.2) is 0 Å². The number of amides is 1. The number of anilines is 1. The minimum Gasteiger partial charge on any atom is -0.493 e. The van der Waals surface area contributed by atoms with Gasteiger partial charge in [0.05, 0.1) is 12.0 Å². The van der Waals surface area contributed by atoms with E-state index in [1.165, 1.54) is 19.3 Å². The summed E-state index contributed by atoms with van der Waals surface area (Å²) in [6.45, 7) is 6.37. The van der Waals surface area contributed by atoms with Gasteiger partial charge < -0.3 is 19.7 Å². The van der Waals surface area contributed by atoms with Crippen molar-refractivity contribution in [1.29, 1.82) is 0 Å². The number of nitrogens with zero attached hydrogens (tertiary/aromatic N) is 1. The van der Waals surface area contributed by atoms with Crippen LogP contribution in [0.4, 0.5) is 5.69 Å². The van der Waals surface area contributed by atoms with E-state index >= 15 is 0 Å². The Hall–Kier alpha value is -2.86. The van der Waals surface area contributed by atoms with E-state index in [4.69, 9.17) is 9.47 Å². The molecule has 0 spiro atoms. The molecule has 174 valence electrons. The summed E-state index contributed by atoms with van der Waals surface area (Å²) in [5.41, 5.74) is 1.79. The predicted octanol–water partition coefficient (Wildman–Crippen LogP) is 6.15. The lowest BCUT2D eigenvalue weighted by atomic mass is 9.85. The lowest BCUT2D eigenvalue weighted by Gasteiger charge is -2.39. The van der Waals surface area contributed by atoms with Gasteiger partial charge in [-0.05, 0) is 54.7 Å². The number of rotatable bonds is 8. The summed E-state index contributed by atoms with van der Waals surface area (Å²) >= 11 is 1.58. The van der Waals surface area contributed by atoms with Gasteiger partial charge in [0.2, 0.25) is 0 Å². The summed E-state index contributed by atoms with van der Waals surface area (Å²) in [7, 11) is 1.62. The van der Waals surface area contributed by atoms with Crippen LogP contribution in [0.15, 0.2) is 66.1 Å². The van der Waals surface area contributed by atoms with E-state index in [9.17, 15) is 4.79 Å². The van der Waals surface area contributed by atoms with Crippen molar-refractivity contribution in [2.24, 2.45) is 5.92 Å². The molecule has 3 atom stereocenters. The Balaban J connectivity index is 1.62. The maximum absolute atomic E-state index is 13.6. The molecule has 1 saturated heterocycles. The molecule has 0 radical (unpaired) electrons. The minimum absolute atomic E-state index is 0.0955. The quantitative estimate of drug-likeness (QED) is 0.375. The third-order valence-corrected chi connectivity index (χ3v) is 7.38. The molecule has 6 heteroatoms. The normalized spacial score (nSPS) is 24.1. The minimum atomic E-state index is -0.131. The number of thioether (sulfide) groups is 1. The molecular formula is C27H32N2O3S. The number of benzene rings is 2. The molecule has 1 amide bonds. The largest absolute Gasteiger partial charge is 0.493 e. The first-order valence-electron chi connectivity index (χ1n) is 11.5. The summed E-state index contributed by atoms with van der Waals surface area (Å²) < 4.78 is 11.2. The summed E-state index contributed by atoms with van der Waals surface area (Å²) in [5.74, 6) is 1.88. The highest BCUT2D eigenvalue weighted by Crippen LogP contribution is 2.42. The van der Waals surface area contributed by atoms with Crippen LogP contribution in [0.5, 0.6) is 11.5 Å². The van der Waals surface area contributed by atoms with Gasteiger partial charge in [0.15, 0.2) is 17.0 Å². The van der Waals surface area contributed by atoms with Gasteiger partial charge in [0.1, 0.15) is 6.61 Å². The molecule has 1 unspecified atom stereocenters. The van der Waals surface area contributed by atoms with Crippen LogP contribution in [0, 0.1) is 5.92 Å². The molecule has 5 nitrogen and oxygen atoms in total. The Bertz CT molecular complexity index is 1010. The molecule has 1 aliphatic carbocycles. The van der Waals surface area contributed by atoms with Crippen molar-refractivity contribution in [1.82, 2.24) is 4.90 Å². The molecule has 1 N–H and O–H groups in total. The van der Waals surface area contributed by atoms with E-state index in [1.54, 1.807) is 24.9 Å². The van der Waals surface area contributed by atoms with E-state index in [-0.39, 0.29) is 17.4 Å². The van der Waals surface area contributed by atoms with Crippen LogP contribution in [-0.2, 0) is 4.79 Å². The number of hydrogen-bond donors (Lipinski definition) is 1. The second-order valence-corrected chi connectivity index (χ2v) is 9.66. The van der Waals surface area contributed by atoms with E-state index < -0.39 is 0 Å². The van der Waals surface area contributed by atoms with Gasteiger partial charge in [-0.15, -0.1) is 0 Å². The average Bonchev–Trinajstić information content (AvgIpc) is 3.13. The van der Waals surface area contributed by atoms with Crippen molar-refractivity contribution in [3.8, 4) is 11.5 Å². The van der Waals surface area contributed by atoms with E-state index in [2.05, 4.69) is 23.7 Å². The summed E-state index contributed by atoms with van der Waals surface area (Å²) in [5, 5.41) is 3.58. The highest BCUT2D eigenvalue weighted by atomic mass is 32.2. The first kappa shape index (κ1) is 23.3. The molecule has 0 aromatic heterocycles. The first-order chi connectivity index (χ1) is 16.1. The molecular weight excluding hydrogens is 432 g/mol. The molecule has 33 heavy (non-hydrogen) atoms. The van der Waals surface area contributed by atoms with Crippen LogP contribution >= 0.6 is 11.8 Å². The zero-order valence-electron chi connectivity index (χ0n) is 19.3. The van der Waals surface area contributed by atoms with Crippen LogP contribution in [-0.4, -0.2) is 36.1 Å². The van der Waals surface area contributed by atoms with Crippen molar-refractivity contribution in [2.75, 3.05) is 19.0 Å². The van der Waals surface area contributed by atoms with Gasteiger partial charge in [0.25, 0.3) is 5.91 Å². The molecule has 2 aromatic rings. The lowest BCUT2D eigenvalue weighted by molar-refractivity contribution is -0.129. The van der Waals surface area contributed by atoms with Crippen LogP contribution in [0.1, 0.15) is 38.2 Å². The first-order valence-corrected chi connectivity index (χ1v) is 12.4. The zero-order chi connectivity index (χ0) is 23.2. The molecule has 0 bridgehead atoms. The van der Waals surface area contributed by atoms with Gasteiger partial charge in [-0.1, -0.05) is 68.4 Å². The van der Waals surface area contributed by atoms with Crippen molar-refractivity contribution < 1.29 is 14.3 Å². The maximum atomic E-state index is 13.6. The third-order valence-electron chi connectivity index (χ3n) is 6.27. The number of nitrogens with one attached hydrogen (secondary N) is 1. The van der Waals surface area contributed by atoms with Crippen LogP contribution < -0.4 is 14.8 Å². The third kappa shape index (κ3) is 5.38. The summed E-state index contributed by atoms with van der Waals surface area (Å²) in [4.78, 5) is 16.5. The van der Waals surface area contributed by atoms with Gasteiger partial charge in [-0.2, -0.15) is 0 Å². The van der Waals surface area contributed by atoms with Crippen LogP contribution in [0.3, 0.4) is 0 Å². The van der Waals surface area contributed by atoms with E-state index in [0.717, 1.165) is 22.6 Å². The number of para-hydroxylation sites is 1. The molecule has 4 rings (SSSR count). The van der Waals surface area contributed by atoms with Gasteiger partial charge >= 0.3 is 0 Å². The van der Waals surface area contributed by atoms with E-state index in [1.807, 2.05) is 54.6 Å². The Morgan fingerprint density at radius 2 is 1.94 bits per heavy atom. The number of ether oxygens (including phenoxy) is 2. The Kier molecular flexibility index (Phi) is 7.65. The maximum Gasteiger partial charge on any atom is 0.262 e. The van der Waals surface area contributed by atoms with Crippen LogP contribution in [0.2, 0.25) is 0 Å². The Labute approximate surface area is 200 Å². The van der Waals surface area contributed by atoms with E-state index in [0.29, 0.717) is 24.0 Å². The second kappa shape index (κ2) is 10.8. The number of carbonyl (C=O) groups is 1. The molecule has 2 aliphatic rings. The van der Waals surface area contributed by atoms with Crippen LogP contribution in [0.25, 0.3) is 6.08 Å². The summed E-state index contributed by atoms with van der Waals surface area (Å²) in [6, 6.07) is 16.1. The molecule has 1 saturated carbocycles. The smallest absolute Gasteiger partial charge is 0.262 e. The van der Waals surface area contributed by atoms with Crippen molar-refractivity contribution in [2.45, 2.75) is 44.1 Å². The molecule has 1 heterocycles. The topological polar surface area (TPSA) is 50.8 Å².